The second-order valence-corrected chi connectivity index (χ2v) is 6.52. The quantitative estimate of drug-likeness (QED) is 0.902. The standard InChI is InChI=1S/C15H22F2N2O2/c16-15(17)4-1-10(2-5-15)7-12-8-11(3-6-18-12)13-9-14(20)19-21-13/h9-12,18H,1-8H2,(H,19,20)/t11-,12+/m0/s1. The van der Waals surface area contributed by atoms with Gasteiger partial charge in [-0.3, -0.25) is 4.79 Å². The summed E-state index contributed by atoms with van der Waals surface area (Å²) >= 11 is 0. The average molecular weight is 300 g/mol. The molecule has 21 heavy (non-hydrogen) atoms. The van der Waals surface area contributed by atoms with Crippen LogP contribution < -0.4 is 10.9 Å². The summed E-state index contributed by atoms with van der Waals surface area (Å²) in [6.45, 7) is 0.882. The highest BCUT2D eigenvalue weighted by atomic mass is 19.3. The predicted molar refractivity (Wildman–Crippen MR) is 74.6 cm³/mol. The lowest BCUT2D eigenvalue weighted by atomic mass is 9.79. The minimum absolute atomic E-state index is 0.0283. The number of aromatic amines is 1. The molecule has 1 aromatic rings. The number of halogens is 2. The van der Waals surface area contributed by atoms with E-state index in [1.54, 1.807) is 0 Å². The van der Waals surface area contributed by atoms with Gasteiger partial charge in [0.1, 0.15) is 5.76 Å². The van der Waals surface area contributed by atoms with Crippen LogP contribution in [0.4, 0.5) is 8.78 Å². The molecule has 118 valence electrons. The van der Waals surface area contributed by atoms with Crippen molar-refractivity contribution in [1.29, 1.82) is 0 Å². The first-order valence-corrected chi connectivity index (χ1v) is 7.81. The van der Waals surface area contributed by atoms with Crippen LogP contribution in [0.1, 0.15) is 56.6 Å². The number of H-pyrrole nitrogens is 1. The Morgan fingerprint density at radius 1 is 1.29 bits per heavy atom. The molecule has 1 saturated heterocycles. The summed E-state index contributed by atoms with van der Waals surface area (Å²) < 4.78 is 31.6. The molecule has 1 saturated carbocycles. The third kappa shape index (κ3) is 3.73. The molecular formula is C15H22F2N2O2. The van der Waals surface area contributed by atoms with Crippen molar-refractivity contribution in [2.75, 3.05) is 6.54 Å². The van der Waals surface area contributed by atoms with Crippen molar-refractivity contribution in [1.82, 2.24) is 10.5 Å². The zero-order valence-corrected chi connectivity index (χ0v) is 12.0. The van der Waals surface area contributed by atoms with Crippen LogP contribution in [0.3, 0.4) is 0 Å². The van der Waals surface area contributed by atoms with Gasteiger partial charge in [0.2, 0.25) is 5.92 Å². The largest absolute Gasteiger partial charge is 0.383 e. The van der Waals surface area contributed by atoms with Gasteiger partial charge < -0.3 is 9.84 Å². The maximum atomic E-state index is 13.2. The molecular weight excluding hydrogens is 278 g/mol. The van der Waals surface area contributed by atoms with Gasteiger partial charge in [-0.2, -0.15) is 5.16 Å². The van der Waals surface area contributed by atoms with E-state index in [0.29, 0.717) is 24.8 Å². The smallest absolute Gasteiger partial charge is 0.280 e. The fourth-order valence-electron chi connectivity index (χ4n) is 3.68. The molecule has 2 atom stereocenters. The van der Waals surface area contributed by atoms with Crippen molar-refractivity contribution < 1.29 is 13.3 Å². The Morgan fingerprint density at radius 3 is 2.71 bits per heavy atom. The third-order valence-electron chi connectivity index (χ3n) is 4.89. The molecule has 1 aliphatic carbocycles. The van der Waals surface area contributed by atoms with E-state index in [-0.39, 0.29) is 24.3 Å². The number of hydrogen-bond acceptors (Lipinski definition) is 3. The Balaban J connectivity index is 1.53. The van der Waals surface area contributed by atoms with Gasteiger partial charge in [0.05, 0.1) is 0 Å². The van der Waals surface area contributed by atoms with Crippen LogP contribution in [0, 0.1) is 5.92 Å². The number of rotatable bonds is 3. The van der Waals surface area contributed by atoms with Gasteiger partial charge in [-0.1, -0.05) is 0 Å². The molecule has 2 N–H and O–H groups in total. The molecule has 2 heterocycles. The number of nitrogens with one attached hydrogen (secondary N) is 2. The summed E-state index contributed by atoms with van der Waals surface area (Å²) in [6, 6.07) is 1.86. The summed E-state index contributed by atoms with van der Waals surface area (Å²) in [5, 5.41) is 5.81. The lowest BCUT2D eigenvalue weighted by molar-refractivity contribution is -0.0477. The Bertz CT molecular complexity index is 516. The Hall–Kier alpha value is -1.17. The fourth-order valence-corrected chi connectivity index (χ4v) is 3.68. The van der Waals surface area contributed by atoms with E-state index >= 15 is 0 Å². The van der Waals surface area contributed by atoms with E-state index in [1.165, 1.54) is 6.07 Å². The highest BCUT2D eigenvalue weighted by Crippen LogP contribution is 2.39. The molecule has 6 heteroatoms. The molecule has 0 aromatic carbocycles. The maximum Gasteiger partial charge on any atom is 0.280 e. The van der Waals surface area contributed by atoms with Crippen molar-refractivity contribution >= 4 is 0 Å². The summed E-state index contributed by atoms with van der Waals surface area (Å²) in [7, 11) is 0. The highest BCUT2D eigenvalue weighted by Gasteiger charge is 2.36. The van der Waals surface area contributed by atoms with Gasteiger partial charge in [-0.25, -0.2) is 8.78 Å². The van der Waals surface area contributed by atoms with Gasteiger partial charge in [0.15, 0.2) is 0 Å². The first kappa shape index (κ1) is 14.8. The fraction of sp³-hybridized carbons (Fsp3) is 0.800. The normalized spacial score (nSPS) is 30.4. The van der Waals surface area contributed by atoms with Crippen LogP contribution in [0.25, 0.3) is 0 Å². The minimum Gasteiger partial charge on any atom is -0.383 e. The van der Waals surface area contributed by atoms with Crippen LogP contribution in [0.5, 0.6) is 0 Å². The zero-order chi connectivity index (χ0) is 14.9. The van der Waals surface area contributed by atoms with E-state index in [9.17, 15) is 13.6 Å². The molecule has 2 fully saturated rings. The SMILES string of the molecule is O=c1cc([C@H]2CCN[C@H](CC3CCC(F)(F)CC3)C2)o[nH]1. The van der Waals surface area contributed by atoms with Crippen LogP contribution in [-0.2, 0) is 0 Å². The summed E-state index contributed by atoms with van der Waals surface area (Å²) in [5.74, 6) is -1.09. The zero-order valence-electron chi connectivity index (χ0n) is 12.0. The molecule has 0 unspecified atom stereocenters. The first-order chi connectivity index (χ1) is 10.0. The second kappa shape index (κ2) is 5.91. The van der Waals surface area contributed by atoms with Gasteiger partial charge in [-0.05, 0) is 44.6 Å². The number of alkyl halides is 2. The number of hydrogen-bond donors (Lipinski definition) is 2. The molecule has 0 bridgehead atoms. The molecule has 0 amide bonds. The van der Waals surface area contributed by atoms with Crippen LogP contribution >= 0.6 is 0 Å². The molecule has 1 aromatic heterocycles. The average Bonchev–Trinajstić information content (AvgIpc) is 2.88. The third-order valence-corrected chi connectivity index (χ3v) is 4.89. The maximum absolute atomic E-state index is 13.2. The van der Waals surface area contributed by atoms with E-state index in [4.69, 9.17) is 4.52 Å². The van der Waals surface area contributed by atoms with Crippen LogP contribution in [0.15, 0.2) is 15.4 Å². The topological polar surface area (TPSA) is 58.0 Å². The van der Waals surface area contributed by atoms with Crippen molar-refractivity contribution in [3.05, 3.63) is 22.2 Å². The lowest BCUT2D eigenvalue weighted by Gasteiger charge is -2.34. The van der Waals surface area contributed by atoms with E-state index in [1.807, 2.05) is 0 Å². The van der Waals surface area contributed by atoms with Gasteiger partial charge in [0, 0.05) is 30.9 Å². The van der Waals surface area contributed by atoms with Gasteiger partial charge >= 0.3 is 0 Å². The minimum atomic E-state index is -2.45. The molecule has 0 spiro atoms. The van der Waals surface area contributed by atoms with E-state index < -0.39 is 5.92 Å². The Labute approximate surface area is 122 Å². The second-order valence-electron chi connectivity index (χ2n) is 6.52. The predicted octanol–water partition coefficient (Wildman–Crippen LogP) is 3.02. The summed E-state index contributed by atoms with van der Waals surface area (Å²) in [6.07, 6.45) is 4.10. The van der Waals surface area contributed by atoms with Crippen LogP contribution in [-0.4, -0.2) is 23.7 Å². The monoisotopic (exact) mass is 300 g/mol. The Kier molecular flexibility index (Phi) is 4.15. The number of piperidine rings is 1. The van der Waals surface area contributed by atoms with Crippen molar-refractivity contribution in [3.63, 3.8) is 0 Å². The van der Waals surface area contributed by atoms with Crippen LogP contribution in [0.2, 0.25) is 0 Å². The van der Waals surface area contributed by atoms with Crippen molar-refractivity contribution in [2.24, 2.45) is 5.92 Å². The van der Waals surface area contributed by atoms with Crippen molar-refractivity contribution in [3.8, 4) is 0 Å². The van der Waals surface area contributed by atoms with Gasteiger partial charge in [-0.15, -0.1) is 0 Å². The van der Waals surface area contributed by atoms with E-state index in [2.05, 4.69) is 10.5 Å². The summed E-state index contributed by atoms with van der Waals surface area (Å²) in [5.41, 5.74) is -0.199. The van der Waals surface area contributed by atoms with E-state index in [0.717, 1.165) is 31.6 Å². The molecule has 3 rings (SSSR count). The Morgan fingerprint density at radius 2 is 2.05 bits per heavy atom. The lowest BCUT2D eigenvalue weighted by Crippen LogP contribution is -2.39. The molecule has 2 aliphatic rings. The molecule has 1 aliphatic heterocycles. The molecule has 0 radical (unpaired) electrons. The molecule has 4 nitrogen and oxygen atoms in total. The van der Waals surface area contributed by atoms with Gasteiger partial charge in [0.25, 0.3) is 5.56 Å². The summed E-state index contributed by atoms with van der Waals surface area (Å²) in [4.78, 5) is 11.2. The first-order valence-electron chi connectivity index (χ1n) is 7.81. The highest BCUT2D eigenvalue weighted by molar-refractivity contribution is 5.05. The van der Waals surface area contributed by atoms with Crippen molar-refractivity contribution in [2.45, 2.75) is 62.8 Å². The number of aromatic nitrogens is 1.